The number of fused-ring (bicyclic) bond motifs is 1. The van der Waals surface area contributed by atoms with Gasteiger partial charge in [-0.1, -0.05) is 11.6 Å². The maximum absolute atomic E-state index is 10.5. The Morgan fingerprint density at radius 1 is 1.40 bits per heavy atom. The Bertz CT molecular complexity index is 562. The summed E-state index contributed by atoms with van der Waals surface area (Å²) >= 11 is 5.81. The molecule has 1 N–H and O–H groups in total. The molecule has 0 saturated heterocycles. The van der Waals surface area contributed by atoms with Crippen LogP contribution in [-0.2, 0) is 4.79 Å². The van der Waals surface area contributed by atoms with Gasteiger partial charge < -0.3 is 4.98 Å². The molecule has 0 aliphatic carbocycles. The molecule has 1 heterocycles. The molecule has 75 valence electrons. The second-order valence-corrected chi connectivity index (χ2v) is 3.34. The van der Waals surface area contributed by atoms with Crippen LogP contribution in [0, 0.1) is 10.1 Å². The van der Waals surface area contributed by atoms with E-state index in [1.807, 2.05) is 0 Å². The molecule has 0 amide bonds. The van der Waals surface area contributed by atoms with E-state index in [0.29, 0.717) is 10.9 Å². The molecule has 6 heteroatoms. The van der Waals surface area contributed by atoms with Crippen LogP contribution in [0.2, 0.25) is 5.02 Å². The van der Waals surface area contributed by atoms with Crippen molar-refractivity contribution in [1.29, 1.82) is 0 Å². The van der Waals surface area contributed by atoms with Crippen molar-refractivity contribution in [3.8, 4) is 0 Å². The van der Waals surface area contributed by atoms with E-state index in [2.05, 4.69) is 4.98 Å². The number of aromatic amines is 1. The van der Waals surface area contributed by atoms with Gasteiger partial charge in [-0.05, 0) is 6.07 Å². The van der Waals surface area contributed by atoms with Gasteiger partial charge in [0, 0.05) is 17.5 Å². The van der Waals surface area contributed by atoms with Gasteiger partial charge in [0.25, 0.3) is 12.0 Å². The summed E-state index contributed by atoms with van der Waals surface area (Å²) in [6.07, 6.45) is 1.66. The van der Waals surface area contributed by atoms with Crippen LogP contribution in [0.25, 0.3) is 10.9 Å². The molecule has 1 aromatic heterocycles. The summed E-state index contributed by atoms with van der Waals surface area (Å²) in [5.74, 6) is 0. The molecule has 15 heavy (non-hydrogen) atoms. The van der Waals surface area contributed by atoms with Crippen molar-refractivity contribution >= 4 is 34.5 Å². The van der Waals surface area contributed by atoms with Gasteiger partial charge in [-0.15, -0.1) is 0 Å². The normalized spacial score (nSPS) is 10.5. The summed E-state index contributed by atoms with van der Waals surface area (Å²) in [4.78, 5) is 23.1. The Morgan fingerprint density at radius 2 is 2.13 bits per heavy atom. The third kappa shape index (κ3) is 1.57. The van der Waals surface area contributed by atoms with Crippen LogP contribution in [0.3, 0.4) is 0 Å². The summed E-state index contributed by atoms with van der Waals surface area (Å²) in [6.45, 7) is 0. The van der Waals surface area contributed by atoms with Gasteiger partial charge in [-0.25, -0.2) is 0 Å². The van der Waals surface area contributed by atoms with Gasteiger partial charge in [0.15, 0.2) is 0 Å². The summed E-state index contributed by atoms with van der Waals surface area (Å²) < 4.78 is 0. The number of nitrogens with one attached hydrogen (secondary N) is 1. The molecular weight excluding hydrogens is 220 g/mol. The number of nitro benzene ring substituents is 1. The Morgan fingerprint density at radius 3 is 2.73 bits per heavy atom. The maximum atomic E-state index is 10.5. The lowest BCUT2D eigenvalue weighted by atomic mass is 10.2. The zero-order chi connectivity index (χ0) is 11.0. The molecule has 2 aromatic rings. The zero-order valence-electron chi connectivity index (χ0n) is 7.28. The van der Waals surface area contributed by atoms with Crippen molar-refractivity contribution in [2.75, 3.05) is 0 Å². The number of hydrogen-bond acceptors (Lipinski definition) is 3. The highest BCUT2D eigenvalue weighted by Gasteiger charge is 2.12. The third-order valence-corrected chi connectivity index (χ3v) is 2.28. The SMILES string of the molecule is O=[C]c1cc2cc([N+](=O)[O-])cc(Cl)c2[nH]1. The number of H-pyrrole nitrogens is 1. The molecule has 0 unspecified atom stereocenters. The van der Waals surface area contributed by atoms with Gasteiger partial charge in [-0.2, -0.15) is 0 Å². The lowest BCUT2D eigenvalue weighted by Gasteiger charge is -1.94. The third-order valence-electron chi connectivity index (χ3n) is 1.99. The fraction of sp³-hybridized carbons (Fsp3) is 0. The van der Waals surface area contributed by atoms with E-state index in [1.54, 1.807) is 6.29 Å². The Kier molecular flexibility index (Phi) is 2.17. The minimum atomic E-state index is -0.539. The van der Waals surface area contributed by atoms with E-state index in [1.165, 1.54) is 18.2 Å². The van der Waals surface area contributed by atoms with Crippen LogP contribution in [0.5, 0.6) is 0 Å². The van der Waals surface area contributed by atoms with Crippen LogP contribution in [-0.4, -0.2) is 16.2 Å². The molecule has 1 aromatic carbocycles. The standard InChI is InChI=1S/C9H4ClN2O3/c10-8-3-7(12(14)15)2-5-1-6(4-13)11-9(5)8/h1-3,11H. The largest absolute Gasteiger partial charge is 0.350 e. The summed E-state index contributed by atoms with van der Waals surface area (Å²) in [6, 6.07) is 4.04. The number of hydrogen-bond donors (Lipinski definition) is 1. The number of carbonyl (C=O) groups excluding carboxylic acids is 1. The number of benzene rings is 1. The summed E-state index contributed by atoms with van der Waals surface area (Å²) in [7, 11) is 0. The second-order valence-electron chi connectivity index (χ2n) is 2.93. The minimum Gasteiger partial charge on any atom is -0.350 e. The number of halogens is 1. The molecule has 1 radical (unpaired) electrons. The summed E-state index contributed by atoms with van der Waals surface area (Å²) in [5, 5.41) is 11.3. The van der Waals surface area contributed by atoms with Crippen molar-refractivity contribution < 1.29 is 9.72 Å². The highest BCUT2D eigenvalue weighted by molar-refractivity contribution is 6.35. The maximum Gasteiger partial charge on any atom is 0.271 e. The Labute approximate surface area is 88.8 Å². The molecule has 0 fully saturated rings. The predicted molar refractivity (Wildman–Crippen MR) is 54.8 cm³/mol. The highest BCUT2D eigenvalue weighted by Crippen LogP contribution is 2.28. The molecule has 0 aliphatic rings. The number of nitro groups is 1. The van der Waals surface area contributed by atoms with Crippen LogP contribution in [0.1, 0.15) is 5.69 Å². The van der Waals surface area contributed by atoms with Gasteiger partial charge in [0.05, 0.1) is 21.2 Å². The number of aromatic nitrogens is 1. The van der Waals surface area contributed by atoms with Crippen LogP contribution in [0.4, 0.5) is 5.69 Å². The van der Waals surface area contributed by atoms with E-state index in [9.17, 15) is 14.9 Å². The molecule has 0 bridgehead atoms. The van der Waals surface area contributed by atoms with Gasteiger partial charge in [0.1, 0.15) is 0 Å². The first kappa shape index (κ1) is 9.67. The molecule has 0 atom stereocenters. The van der Waals surface area contributed by atoms with Crippen molar-refractivity contribution in [2.45, 2.75) is 0 Å². The van der Waals surface area contributed by atoms with Crippen LogP contribution in [0.15, 0.2) is 18.2 Å². The Balaban J connectivity index is 2.75. The number of rotatable bonds is 2. The lowest BCUT2D eigenvalue weighted by molar-refractivity contribution is -0.384. The first-order chi connectivity index (χ1) is 7.11. The molecule has 0 spiro atoms. The first-order valence-electron chi connectivity index (χ1n) is 3.96. The van der Waals surface area contributed by atoms with Gasteiger partial charge in [0.2, 0.25) is 0 Å². The van der Waals surface area contributed by atoms with E-state index < -0.39 is 4.92 Å². The van der Waals surface area contributed by atoms with Crippen molar-refractivity contribution in [3.05, 3.63) is 39.0 Å². The highest BCUT2D eigenvalue weighted by atomic mass is 35.5. The molecule has 2 rings (SSSR count). The molecule has 5 nitrogen and oxygen atoms in total. The fourth-order valence-corrected chi connectivity index (χ4v) is 1.61. The van der Waals surface area contributed by atoms with E-state index in [4.69, 9.17) is 11.6 Å². The second kappa shape index (κ2) is 3.36. The first-order valence-corrected chi connectivity index (χ1v) is 4.34. The van der Waals surface area contributed by atoms with Crippen molar-refractivity contribution in [2.24, 2.45) is 0 Å². The molecule has 0 saturated carbocycles. The van der Waals surface area contributed by atoms with E-state index in [0.717, 1.165) is 0 Å². The average Bonchev–Trinajstić information content (AvgIpc) is 2.61. The monoisotopic (exact) mass is 223 g/mol. The summed E-state index contributed by atoms with van der Waals surface area (Å²) in [5.41, 5.74) is 0.608. The van der Waals surface area contributed by atoms with Crippen LogP contribution < -0.4 is 0 Å². The number of nitrogens with zero attached hydrogens (tertiary/aromatic N) is 1. The lowest BCUT2D eigenvalue weighted by Crippen LogP contribution is -1.87. The number of non-ortho nitro benzene ring substituents is 1. The van der Waals surface area contributed by atoms with E-state index >= 15 is 0 Å². The van der Waals surface area contributed by atoms with Crippen molar-refractivity contribution in [3.63, 3.8) is 0 Å². The average molecular weight is 224 g/mol. The van der Waals surface area contributed by atoms with Gasteiger partial charge >= 0.3 is 0 Å². The molecule has 0 aliphatic heterocycles. The minimum absolute atomic E-state index is 0.107. The predicted octanol–water partition coefficient (Wildman–Crippen LogP) is 2.19. The van der Waals surface area contributed by atoms with Crippen LogP contribution >= 0.6 is 11.6 Å². The smallest absolute Gasteiger partial charge is 0.271 e. The fourth-order valence-electron chi connectivity index (χ4n) is 1.35. The molecular formula is C9H4ClN2O3. The quantitative estimate of drug-likeness (QED) is 0.626. The zero-order valence-corrected chi connectivity index (χ0v) is 8.04. The van der Waals surface area contributed by atoms with Crippen molar-refractivity contribution in [1.82, 2.24) is 4.98 Å². The topological polar surface area (TPSA) is 76.0 Å². The van der Waals surface area contributed by atoms with Gasteiger partial charge in [-0.3, -0.25) is 14.9 Å². The van der Waals surface area contributed by atoms with E-state index in [-0.39, 0.29) is 16.4 Å². The Hall–Kier alpha value is -1.88.